The molecule has 0 radical (unpaired) electrons. The molecule has 0 aliphatic carbocycles. The molecule has 1 aliphatic heterocycles. The number of aromatic nitrogens is 3. The Kier molecular flexibility index (Phi) is 6.28. The molecule has 2 amide bonds. The normalized spacial score (nSPS) is 14.2. The summed E-state index contributed by atoms with van der Waals surface area (Å²) in [6, 6.07) is 29.0. The Labute approximate surface area is 227 Å². The van der Waals surface area contributed by atoms with Crippen molar-refractivity contribution in [2.24, 2.45) is 0 Å². The van der Waals surface area contributed by atoms with Crippen molar-refractivity contribution in [3.05, 3.63) is 120 Å². The molecule has 1 atom stereocenters. The zero-order valence-corrected chi connectivity index (χ0v) is 22.0. The topological polar surface area (TPSA) is 73.5 Å². The molecule has 196 valence electrons. The first-order valence-corrected chi connectivity index (χ1v) is 12.7. The minimum atomic E-state index is -0.346. The lowest BCUT2D eigenvalue weighted by Gasteiger charge is -2.31. The van der Waals surface area contributed by atoms with Crippen LogP contribution in [0.3, 0.4) is 0 Å². The lowest BCUT2D eigenvalue weighted by Crippen LogP contribution is -2.38. The van der Waals surface area contributed by atoms with Crippen LogP contribution in [-0.4, -0.2) is 39.5 Å². The molecule has 0 spiro atoms. The SMILES string of the molecule is COc1ccc(NC(=O)N2Cc3c(C)nn(-c4ccccc4)c3-n3cccc3[C@H]2c2ccccc2)c(OC)c1. The molecule has 8 heteroatoms. The third-order valence-corrected chi connectivity index (χ3v) is 7.11. The monoisotopic (exact) mass is 519 g/mol. The highest BCUT2D eigenvalue weighted by molar-refractivity contribution is 5.92. The fourth-order valence-electron chi connectivity index (χ4n) is 5.22. The molecule has 6 rings (SSSR count). The average Bonchev–Trinajstić information content (AvgIpc) is 3.54. The van der Waals surface area contributed by atoms with Crippen LogP contribution in [0.25, 0.3) is 11.5 Å². The number of fused-ring (bicyclic) bond motifs is 3. The number of carbonyl (C=O) groups excluding carboxylic acids is 1. The molecule has 0 saturated heterocycles. The molecule has 3 heterocycles. The highest BCUT2D eigenvalue weighted by Crippen LogP contribution is 2.39. The third-order valence-electron chi connectivity index (χ3n) is 7.11. The second-order valence-corrected chi connectivity index (χ2v) is 9.38. The van der Waals surface area contributed by atoms with E-state index in [4.69, 9.17) is 14.6 Å². The van der Waals surface area contributed by atoms with Crippen LogP contribution >= 0.6 is 0 Å². The van der Waals surface area contributed by atoms with E-state index in [9.17, 15) is 4.79 Å². The summed E-state index contributed by atoms with van der Waals surface area (Å²) in [4.78, 5) is 16.0. The van der Waals surface area contributed by atoms with Crippen molar-refractivity contribution in [1.82, 2.24) is 19.2 Å². The van der Waals surface area contributed by atoms with E-state index in [1.165, 1.54) is 0 Å². The van der Waals surface area contributed by atoms with E-state index in [1.807, 2.05) is 77.3 Å². The number of nitrogens with zero attached hydrogens (tertiary/aromatic N) is 4. The predicted molar refractivity (Wildman–Crippen MR) is 150 cm³/mol. The minimum Gasteiger partial charge on any atom is -0.497 e. The van der Waals surface area contributed by atoms with Crippen LogP contribution in [0.15, 0.2) is 97.2 Å². The molecule has 1 N–H and O–H groups in total. The van der Waals surface area contributed by atoms with Crippen molar-refractivity contribution in [3.63, 3.8) is 0 Å². The zero-order chi connectivity index (χ0) is 26.9. The molecule has 0 unspecified atom stereocenters. The molecule has 8 nitrogen and oxygen atoms in total. The summed E-state index contributed by atoms with van der Waals surface area (Å²) in [7, 11) is 3.17. The van der Waals surface area contributed by atoms with Gasteiger partial charge in [-0.25, -0.2) is 9.48 Å². The van der Waals surface area contributed by atoms with Crippen LogP contribution < -0.4 is 14.8 Å². The van der Waals surface area contributed by atoms with Crippen molar-refractivity contribution >= 4 is 11.7 Å². The summed E-state index contributed by atoms with van der Waals surface area (Å²) in [5, 5.41) is 8.00. The van der Waals surface area contributed by atoms with Gasteiger partial charge < -0.3 is 24.3 Å². The minimum absolute atomic E-state index is 0.250. The van der Waals surface area contributed by atoms with Crippen LogP contribution in [-0.2, 0) is 6.54 Å². The van der Waals surface area contributed by atoms with Crippen molar-refractivity contribution in [3.8, 4) is 23.0 Å². The molecule has 0 saturated carbocycles. The summed E-state index contributed by atoms with van der Waals surface area (Å²) in [6.45, 7) is 2.35. The van der Waals surface area contributed by atoms with Gasteiger partial charge in [0.2, 0.25) is 0 Å². The van der Waals surface area contributed by atoms with Crippen LogP contribution in [0.4, 0.5) is 10.5 Å². The number of amides is 2. The van der Waals surface area contributed by atoms with Gasteiger partial charge in [0, 0.05) is 17.8 Å². The standard InChI is InChI=1S/C31H29N5O3/c1-21-25-20-35(31(37)32-26-17-16-24(38-2)19-28(26)39-3)29(22-11-6-4-7-12-22)27-15-10-18-34(27)30(25)36(33-21)23-13-8-5-9-14-23/h4-19,29H,20H2,1-3H3,(H,32,37)/t29-/m1/s1. The maximum absolute atomic E-state index is 14.1. The Bertz CT molecular complexity index is 1630. The highest BCUT2D eigenvalue weighted by atomic mass is 16.5. The zero-order valence-electron chi connectivity index (χ0n) is 22.0. The molecule has 3 aromatic carbocycles. The second kappa shape index (κ2) is 10.1. The number of anilines is 1. The van der Waals surface area contributed by atoms with Gasteiger partial charge >= 0.3 is 6.03 Å². The van der Waals surface area contributed by atoms with Crippen molar-refractivity contribution in [2.75, 3.05) is 19.5 Å². The van der Waals surface area contributed by atoms with E-state index < -0.39 is 0 Å². The Morgan fingerprint density at radius 3 is 2.38 bits per heavy atom. The molecule has 2 aromatic heterocycles. The Hall–Kier alpha value is -4.98. The first kappa shape index (κ1) is 24.4. The number of rotatable bonds is 5. The van der Waals surface area contributed by atoms with Gasteiger partial charge in [-0.05, 0) is 48.9 Å². The molecule has 5 aromatic rings. The number of urea groups is 1. The number of nitrogens with one attached hydrogen (secondary N) is 1. The van der Waals surface area contributed by atoms with E-state index in [0.29, 0.717) is 23.7 Å². The molecular weight excluding hydrogens is 490 g/mol. The number of para-hydroxylation sites is 1. The quantitative estimate of drug-likeness (QED) is 0.303. The van der Waals surface area contributed by atoms with Crippen molar-refractivity contribution in [1.29, 1.82) is 0 Å². The van der Waals surface area contributed by atoms with E-state index in [1.54, 1.807) is 32.4 Å². The largest absolute Gasteiger partial charge is 0.497 e. The Morgan fingerprint density at radius 1 is 0.923 bits per heavy atom. The number of ether oxygens (including phenoxy) is 2. The first-order chi connectivity index (χ1) is 19.1. The Morgan fingerprint density at radius 2 is 1.67 bits per heavy atom. The summed E-state index contributed by atoms with van der Waals surface area (Å²) in [6.07, 6.45) is 2.04. The first-order valence-electron chi connectivity index (χ1n) is 12.7. The van der Waals surface area contributed by atoms with Crippen LogP contribution in [0.5, 0.6) is 11.5 Å². The molecule has 39 heavy (non-hydrogen) atoms. The van der Waals surface area contributed by atoms with E-state index >= 15 is 0 Å². The number of aryl methyl sites for hydroxylation is 1. The van der Waals surface area contributed by atoms with Gasteiger partial charge in [-0.15, -0.1) is 0 Å². The molecule has 0 bridgehead atoms. The molecule has 0 fully saturated rings. The molecule has 1 aliphatic rings. The van der Waals surface area contributed by atoms with E-state index in [2.05, 4.69) is 28.1 Å². The number of hydrogen-bond acceptors (Lipinski definition) is 4. The highest BCUT2D eigenvalue weighted by Gasteiger charge is 2.36. The fraction of sp³-hybridized carbons (Fsp3) is 0.161. The van der Waals surface area contributed by atoms with Crippen LogP contribution in [0.1, 0.15) is 28.6 Å². The van der Waals surface area contributed by atoms with Crippen LogP contribution in [0.2, 0.25) is 0 Å². The average molecular weight is 520 g/mol. The predicted octanol–water partition coefficient (Wildman–Crippen LogP) is 6.13. The van der Waals surface area contributed by atoms with Gasteiger partial charge in [-0.1, -0.05) is 48.5 Å². The summed E-state index contributed by atoms with van der Waals surface area (Å²) in [5.74, 6) is 2.09. The maximum Gasteiger partial charge on any atom is 0.323 e. The smallest absolute Gasteiger partial charge is 0.323 e. The second-order valence-electron chi connectivity index (χ2n) is 9.38. The summed E-state index contributed by atoms with van der Waals surface area (Å²) >= 11 is 0. The van der Waals surface area contributed by atoms with Crippen molar-refractivity contribution < 1.29 is 14.3 Å². The number of benzene rings is 3. The lowest BCUT2D eigenvalue weighted by molar-refractivity contribution is 0.194. The van der Waals surface area contributed by atoms with Crippen molar-refractivity contribution in [2.45, 2.75) is 19.5 Å². The van der Waals surface area contributed by atoms with Gasteiger partial charge in [0.15, 0.2) is 0 Å². The van der Waals surface area contributed by atoms with Gasteiger partial charge in [0.1, 0.15) is 17.3 Å². The Balaban J connectivity index is 1.50. The lowest BCUT2D eigenvalue weighted by atomic mass is 10.0. The fourth-order valence-corrected chi connectivity index (χ4v) is 5.22. The maximum atomic E-state index is 14.1. The van der Waals surface area contributed by atoms with E-state index in [-0.39, 0.29) is 12.1 Å². The number of methoxy groups -OCH3 is 2. The summed E-state index contributed by atoms with van der Waals surface area (Å²) in [5.41, 5.74) is 5.34. The van der Waals surface area contributed by atoms with Gasteiger partial charge in [0.05, 0.1) is 49.6 Å². The van der Waals surface area contributed by atoms with Gasteiger partial charge in [-0.3, -0.25) is 0 Å². The van der Waals surface area contributed by atoms with Crippen LogP contribution in [0, 0.1) is 6.92 Å². The number of carbonyl (C=O) groups is 1. The number of hydrogen-bond donors (Lipinski definition) is 1. The third kappa shape index (κ3) is 4.29. The molecular formula is C31H29N5O3. The summed E-state index contributed by atoms with van der Waals surface area (Å²) < 4.78 is 15.0. The van der Waals surface area contributed by atoms with Gasteiger partial charge in [-0.2, -0.15) is 5.10 Å². The van der Waals surface area contributed by atoms with E-state index in [0.717, 1.165) is 34.0 Å². The van der Waals surface area contributed by atoms with Gasteiger partial charge in [0.25, 0.3) is 0 Å².